The van der Waals surface area contributed by atoms with E-state index in [1.165, 1.54) is 19.1 Å². The number of benzene rings is 3. The molecule has 1 atom stereocenters. The van der Waals surface area contributed by atoms with Gasteiger partial charge in [0.15, 0.2) is 11.5 Å². The molecule has 2 heterocycles. The van der Waals surface area contributed by atoms with Crippen LogP contribution in [0.25, 0.3) is 5.76 Å². The van der Waals surface area contributed by atoms with Crippen LogP contribution < -0.4 is 14.2 Å². The van der Waals surface area contributed by atoms with Crippen LogP contribution in [0.4, 0.5) is 0 Å². The van der Waals surface area contributed by atoms with E-state index in [2.05, 4.69) is 4.98 Å². The van der Waals surface area contributed by atoms with E-state index >= 15 is 0 Å². The zero-order valence-electron chi connectivity index (χ0n) is 22.1. The Morgan fingerprint density at radius 1 is 0.875 bits per heavy atom. The Bertz CT molecular complexity index is 1540. The van der Waals surface area contributed by atoms with Crippen LogP contribution in [-0.2, 0) is 22.7 Å². The molecular weight excluding hydrogens is 508 g/mol. The Morgan fingerprint density at radius 2 is 1.62 bits per heavy atom. The van der Waals surface area contributed by atoms with Gasteiger partial charge < -0.3 is 24.2 Å². The molecule has 5 rings (SSSR count). The summed E-state index contributed by atoms with van der Waals surface area (Å²) in [4.78, 5) is 32.4. The van der Waals surface area contributed by atoms with E-state index in [0.717, 1.165) is 11.1 Å². The number of carbonyl (C=O) groups is 2. The van der Waals surface area contributed by atoms with Gasteiger partial charge in [-0.05, 0) is 47.5 Å². The Kier molecular flexibility index (Phi) is 7.77. The van der Waals surface area contributed by atoms with Gasteiger partial charge in [-0.25, -0.2) is 0 Å². The van der Waals surface area contributed by atoms with Crippen molar-refractivity contribution >= 4 is 17.4 Å². The second-order valence-corrected chi connectivity index (χ2v) is 9.17. The molecule has 40 heavy (non-hydrogen) atoms. The van der Waals surface area contributed by atoms with Gasteiger partial charge in [-0.15, -0.1) is 0 Å². The average Bonchev–Trinajstić information content (AvgIpc) is 3.25. The number of Topliss-reactive ketones (excluding diaryl/α,β-unsaturated/α-hetero) is 1. The fraction of sp³-hybridized carbons (Fsp3) is 0.156. The molecule has 202 valence electrons. The van der Waals surface area contributed by atoms with Crippen molar-refractivity contribution in [3.05, 3.63) is 125 Å². The van der Waals surface area contributed by atoms with Crippen molar-refractivity contribution in [2.75, 3.05) is 14.2 Å². The number of ether oxygens (including phenoxy) is 3. The molecule has 4 aromatic rings. The van der Waals surface area contributed by atoms with Crippen molar-refractivity contribution in [1.29, 1.82) is 0 Å². The predicted molar refractivity (Wildman–Crippen MR) is 149 cm³/mol. The maximum Gasteiger partial charge on any atom is 0.295 e. The Morgan fingerprint density at radius 3 is 2.30 bits per heavy atom. The molecule has 3 aromatic carbocycles. The highest BCUT2D eigenvalue weighted by atomic mass is 16.5. The monoisotopic (exact) mass is 536 g/mol. The molecule has 1 unspecified atom stereocenters. The van der Waals surface area contributed by atoms with E-state index in [1.54, 1.807) is 60.9 Å². The fourth-order valence-electron chi connectivity index (χ4n) is 4.79. The topological polar surface area (TPSA) is 98.2 Å². The number of pyridine rings is 1. The second kappa shape index (κ2) is 11.7. The molecule has 1 aliphatic heterocycles. The third-order valence-corrected chi connectivity index (χ3v) is 6.72. The zero-order chi connectivity index (χ0) is 28.1. The van der Waals surface area contributed by atoms with Crippen molar-refractivity contribution in [3.8, 4) is 17.2 Å². The lowest BCUT2D eigenvalue weighted by Crippen LogP contribution is -2.29. The molecule has 1 aromatic heterocycles. The van der Waals surface area contributed by atoms with Crippen LogP contribution in [0.15, 0.2) is 103 Å². The number of aliphatic hydroxyl groups excluding tert-OH is 1. The highest BCUT2D eigenvalue weighted by Gasteiger charge is 2.47. The van der Waals surface area contributed by atoms with Crippen molar-refractivity contribution < 1.29 is 28.9 Å². The first-order valence-corrected chi connectivity index (χ1v) is 12.7. The molecule has 8 heteroatoms. The van der Waals surface area contributed by atoms with Crippen molar-refractivity contribution in [3.63, 3.8) is 0 Å². The lowest BCUT2D eigenvalue weighted by molar-refractivity contribution is -0.140. The zero-order valence-corrected chi connectivity index (χ0v) is 22.1. The standard InChI is InChI=1S/C32H28N2O6/c1-38-26-12-6-11-25(31(26)39-2)28-27(30(36)32(37)34(28)19-22-10-7-17-33-18-22)29(35)23-13-15-24(16-14-23)40-20-21-8-4-3-5-9-21/h3-18,28,35H,19-20H2,1-2H3/b29-27+. The number of rotatable bonds is 9. The second-order valence-electron chi connectivity index (χ2n) is 9.17. The van der Waals surface area contributed by atoms with E-state index in [1.807, 2.05) is 36.4 Å². The van der Waals surface area contributed by atoms with Crippen LogP contribution in [-0.4, -0.2) is 40.9 Å². The summed E-state index contributed by atoms with van der Waals surface area (Å²) in [6.45, 7) is 0.494. The molecule has 0 radical (unpaired) electrons. The molecule has 1 aliphatic rings. The summed E-state index contributed by atoms with van der Waals surface area (Å²) in [7, 11) is 3.00. The summed E-state index contributed by atoms with van der Waals surface area (Å²) >= 11 is 0. The summed E-state index contributed by atoms with van der Waals surface area (Å²) < 4.78 is 17.0. The maximum absolute atomic E-state index is 13.5. The van der Waals surface area contributed by atoms with Crippen molar-refractivity contribution in [1.82, 2.24) is 9.88 Å². The maximum atomic E-state index is 13.5. The molecule has 0 bridgehead atoms. The smallest absolute Gasteiger partial charge is 0.295 e. The van der Waals surface area contributed by atoms with Gasteiger partial charge >= 0.3 is 0 Å². The van der Waals surface area contributed by atoms with E-state index in [0.29, 0.717) is 35.0 Å². The van der Waals surface area contributed by atoms with E-state index in [4.69, 9.17) is 14.2 Å². The summed E-state index contributed by atoms with van der Waals surface area (Å²) in [5.41, 5.74) is 2.59. The van der Waals surface area contributed by atoms with Gasteiger partial charge in [0.25, 0.3) is 11.7 Å². The lowest BCUT2D eigenvalue weighted by Gasteiger charge is -2.27. The molecular formula is C32H28N2O6. The van der Waals surface area contributed by atoms with E-state index < -0.39 is 17.7 Å². The van der Waals surface area contributed by atoms with Crippen LogP contribution in [0.1, 0.15) is 28.3 Å². The molecule has 1 saturated heterocycles. The minimum absolute atomic E-state index is 0.0432. The van der Waals surface area contributed by atoms with Crippen LogP contribution >= 0.6 is 0 Å². The minimum atomic E-state index is -0.931. The average molecular weight is 537 g/mol. The number of para-hydroxylation sites is 1. The highest BCUT2D eigenvalue weighted by molar-refractivity contribution is 6.46. The van der Waals surface area contributed by atoms with Crippen LogP contribution in [0.3, 0.4) is 0 Å². The summed E-state index contributed by atoms with van der Waals surface area (Å²) in [5.74, 6) is -0.417. The first-order valence-electron chi connectivity index (χ1n) is 12.7. The molecule has 1 N–H and O–H groups in total. The van der Waals surface area contributed by atoms with Crippen molar-refractivity contribution in [2.24, 2.45) is 0 Å². The molecule has 1 fully saturated rings. The largest absolute Gasteiger partial charge is 0.507 e. The number of methoxy groups -OCH3 is 2. The first-order chi connectivity index (χ1) is 19.5. The third-order valence-electron chi connectivity index (χ3n) is 6.72. The van der Waals surface area contributed by atoms with Crippen LogP contribution in [0, 0.1) is 0 Å². The summed E-state index contributed by atoms with van der Waals surface area (Å²) in [5, 5.41) is 11.5. The van der Waals surface area contributed by atoms with Gasteiger partial charge in [-0.3, -0.25) is 14.6 Å². The number of likely N-dealkylation sites (tertiary alicyclic amines) is 1. The summed E-state index contributed by atoms with van der Waals surface area (Å²) in [6.07, 6.45) is 3.26. The molecule has 0 spiro atoms. The first kappa shape index (κ1) is 26.5. The van der Waals surface area contributed by atoms with Gasteiger partial charge in [-0.2, -0.15) is 0 Å². The number of carbonyl (C=O) groups excluding carboxylic acids is 2. The Hall–Kier alpha value is -5.11. The van der Waals surface area contributed by atoms with Crippen molar-refractivity contribution in [2.45, 2.75) is 19.2 Å². The van der Waals surface area contributed by atoms with E-state index in [9.17, 15) is 14.7 Å². The van der Waals surface area contributed by atoms with Gasteiger partial charge in [0.05, 0.1) is 25.8 Å². The quantitative estimate of drug-likeness (QED) is 0.176. The predicted octanol–water partition coefficient (Wildman–Crippen LogP) is 5.30. The normalized spacial score (nSPS) is 16.1. The lowest BCUT2D eigenvalue weighted by atomic mass is 9.94. The van der Waals surface area contributed by atoms with Crippen LogP contribution in [0.5, 0.6) is 17.2 Å². The number of hydrogen-bond acceptors (Lipinski definition) is 7. The number of aromatic nitrogens is 1. The number of aliphatic hydroxyl groups is 1. The SMILES string of the molecule is COc1cccc(C2/C(=C(\O)c3ccc(OCc4ccccc4)cc3)C(=O)C(=O)N2Cc2cccnc2)c1OC. The number of ketones is 1. The molecule has 1 amide bonds. The highest BCUT2D eigenvalue weighted by Crippen LogP contribution is 2.46. The molecule has 8 nitrogen and oxygen atoms in total. The molecule has 0 aliphatic carbocycles. The fourth-order valence-corrected chi connectivity index (χ4v) is 4.79. The van der Waals surface area contributed by atoms with Gasteiger partial charge in [0.1, 0.15) is 18.1 Å². The Labute approximate surface area is 232 Å². The molecule has 0 saturated carbocycles. The number of hydrogen-bond donors (Lipinski definition) is 1. The van der Waals surface area contributed by atoms with E-state index in [-0.39, 0.29) is 17.9 Å². The van der Waals surface area contributed by atoms with Gasteiger partial charge in [0, 0.05) is 30.1 Å². The third kappa shape index (κ3) is 5.24. The number of amides is 1. The van der Waals surface area contributed by atoms with Gasteiger partial charge in [0.2, 0.25) is 0 Å². The summed E-state index contributed by atoms with van der Waals surface area (Å²) in [6, 6.07) is 24.4. The number of nitrogens with zero attached hydrogens (tertiary/aromatic N) is 2. The Balaban J connectivity index is 1.55. The van der Waals surface area contributed by atoms with Gasteiger partial charge in [-0.1, -0.05) is 48.5 Å². The van der Waals surface area contributed by atoms with Crippen LogP contribution in [0.2, 0.25) is 0 Å². The minimum Gasteiger partial charge on any atom is -0.507 e.